The molecule has 1 amide bonds. The van der Waals surface area contributed by atoms with E-state index in [1.807, 2.05) is 4.90 Å². The number of hydrogen-bond acceptors (Lipinski definition) is 1. The maximum atomic E-state index is 11.1. The molecule has 1 heterocycles. The molecule has 1 fully saturated rings. The first-order valence-corrected chi connectivity index (χ1v) is 6.64. The van der Waals surface area contributed by atoms with E-state index in [1.54, 1.807) is 6.92 Å². The summed E-state index contributed by atoms with van der Waals surface area (Å²) in [7, 11) is 5.57. The van der Waals surface area contributed by atoms with Gasteiger partial charge in [0.25, 0.3) is 0 Å². The van der Waals surface area contributed by atoms with Gasteiger partial charge >= 0.3 is 0 Å². The van der Waals surface area contributed by atoms with E-state index in [2.05, 4.69) is 25.1 Å². The van der Waals surface area contributed by atoms with Gasteiger partial charge < -0.3 is 4.90 Å². The minimum atomic E-state index is 0.196. The van der Waals surface area contributed by atoms with E-state index in [9.17, 15) is 4.79 Å². The van der Waals surface area contributed by atoms with E-state index < -0.39 is 0 Å². The van der Waals surface area contributed by atoms with Gasteiger partial charge in [0.05, 0.1) is 7.85 Å². The lowest BCUT2D eigenvalue weighted by atomic mass is 9.88. The Kier molecular flexibility index (Phi) is 4.10. The SMILES string of the molecule is [B]CCc1ccc(CC2CN(C(C)=O)C2)c(C)c1. The van der Waals surface area contributed by atoms with Crippen LogP contribution >= 0.6 is 0 Å². The highest BCUT2D eigenvalue weighted by molar-refractivity contribution is 6.08. The van der Waals surface area contributed by atoms with Crippen LogP contribution in [0.3, 0.4) is 0 Å². The molecular weight excluding hydrogens is 221 g/mol. The Hall–Kier alpha value is -1.25. The van der Waals surface area contributed by atoms with Crippen molar-refractivity contribution in [1.29, 1.82) is 0 Å². The van der Waals surface area contributed by atoms with Crippen molar-refractivity contribution in [3.63, 3.8) is 0 Å². The molecule has 2 nitrogen and oxygen atoms in total. The third-order valence-electron chi connectivity index (χ3n) is 3.75. The first-order chi connectivity index (χ1) is 8.60. The summed E-state index contributed by atoms with van der Waals surface area (Å²) < 4.78 is 0. The average molecular weight is 241 g/mol. The number of likely N-dealkylation sites (tertiary alicyclic amines) is 1. The third-order valence-corrected chi connectivity index (χ3v) is 3.75. The molecule has 2 rings (SSSR count). The highest BCUT2D eigenvalue weighted by Gasteiger charge is 2.28. The summed E-state index contributed by atoms with van der Waals surface area (Å²) in [6.45, 7) is 5.64. The first kappa shape index (κ1) is 13.2. The molecule has 18 heavy (non-hydrogen) atoms. The number of aryl methyl sites for hydroxylation is 2. The minimum absolute atomic E-state index is 0.196. The number of rotatable bonds is 4. The molecule has 0 aliphatic carbocycles. The van der Waals surface area contributed by atoms with Crippen LogP contribution in [0.2, 0.25) is 6.32 Å². The van der Waals surface area contributed by atoms with Crippen LogP contribution in [0, 0.1) is 12.8 Å². The standard InChI is InChI=1S/C15H20BNO/c1-11-7-13(5-6-16)3-4-15(11)8-14-9-17(10-14)12(2)18/h3-4,7,14H,5-6,8-10H2,1-2H3. The molecule has 2 radical (unpaired) electrons. The van der Waals surface area contributed by atoms with Crippen molar-refractivity contribution in [2.24, 2.45) is 5.92 Å². The summed E-state index contributed by atoms with van der Waals surface area (Å²) in [5.74, 6) is 0.828. The van der Waals surface area contributed by atoms with Crippen LogP contribution in [-0.4, -0.2) is 31.7 Å². The average Bonchev–Trinajstić information content (AvgIpc) is 2.25. The minimum Gasteiger partial charge on any atom is -0.342 e. The molecule has 3 heteroatoms. The van der Waals surface area contributed by atoms with Gasteiger partial charge in [-0.05, 0) is 42.4 Å². The Bertz CT molecular complexity index is 438. The van der Waals surface area contributed by atoms with E-state index in [1.165, 1.54) is 16.7 Å². The Balaban J connectivity index is 1.93. The van der Waals surface area contributed by atoms with Crippen molar-refractivity contribution in [2.75, 3.05) is 13.1 Å². The van der Waals surface area contributed by atoms with Gasteiger partial charge in [0.15, 0.2) is 0 Å². The van der Waals surface area contributed by atoms with Crippen LogP contribution < -0.4 is 0 Å². The number of carbonyl (C=O) groups is 1. The number of benzene rings is 1. The zero-order chi connectivity index (χ0) is 13.1. The molecule has 0 N–H and O–H groups in total. The molecular formula is C15H20BNO. The highest BCUT2D eigenvalue weighted by Crippen LogP contribution is 2.23. The predicted molar refractivity (Wildman–Crippen MR) is 74.9 cm³/mol. The van der Waals surface area contributed by atoms with Gasteiger partial charge in [0, 0.05) is 20.0 Å². The lowest BCUT2D eigenvalue weighted by Crippen LogP contribution is -2.49. The van der Waals surface area contributed by atoms with Gasteiger partial charge in [-0.1, -0.05) is 24.5 Å². The molecule has 1 aliphatic heterocycles. The summed E-state index contributed by atoms with van der Waals surface area (Å²) in [6, 6.07) is 6.64. The van der Waals surface area contributed by atoms with Crippen LogP contribution in [0.25, 0.3) is 0 Å². The van der Waals surface area contributed by atoms with Crippen molar-refractivity contribution >= 4 is 13.8 Å². The smallest absolute Gasteiger partial charge is 0.219 e. The molecule has 1 aliphatic rings. The predicted octanol–water partition coefficient (Wildman–Crippen LogP) is 2.15. The molecule has 1 saturated heterocycles. The van der Waals surface area contributed by atoms with E-state index in [-0.39, 0.29) is 5.91 Å². The second-order valence-electron chi connectivity index (χ2n) is 5.29. The number of nitrogens with zero attached hydrogens (tertiary/aromatic N) is 1. The Morgan fingerprint density at radius 2 is 2.17 bits per heavy atom. The molecule has 0 saturated carbocycles. The van der Waals surface area contributed by atoms with Crippen LogP contribution in [0.1, 0.15) is 23.6 Å². The fourth-order valence-electron chi connectivity index (χ4n) is 2.58. The second-order valence-corrected chi connectivity index (χ2v) is 5.29. The van der Waals surface area contributed by atoms with Crippen molar-refractivity contribution in [3.05, 3.63) is 34.9 Å². The zero-order valence-corrected chi connectivity index (χ0v) is 11.3. The Morgan fingerprint density at radius 3 is 2.72 bits per heavy atom. The molecule has 0 atom stereocenters. The Labute approximate surface area is 111 Å². The van der Waals surface area contributed by atoms with Crippen molar-refractivity contribution in [3.8, 4) is 0 Å². The molecule has 0 bridgehead atoms. The second kappa shape index (κ2) is 5.60. The van der Waals surface area contributed by atoms with E-state index in [0.29, 0.717) is 12.2 Å². The monoisotopic (exact) mass is 241 g/mol. The maximum absolute atomic E-state index is 11.1. The van der Waals surface area contributed by atoms with Gasteiger partial charge in [-0.2, -0.15) is 0 Å². The molecule has 94 valence electrons. The molecule has 1 aromatic rings. The first-order valence-electron chi connectivity index (χ1n) is 6.64. The molecule has 1 aromatic carbocycles. The quantitative estimate of drug-likeness (QED) is 0.739. The van der Waals surface area contributed by atoms with Gasteiger partial charge in [0.2, 0.25) is 5.91 Å². The van der Waals surface area contributed by atoms with Crippen molar-refractivity contribution in [1.82, 2.24) is 4.90 Å². The number of hydrogen-bond donors (Lipinski definition) is 0. The van der Waals surface area contributed by atoms with Gasteiger partial charge in [-0.25, -0.2) is 0 Å². The summed E-state index contributed by atoms with van der Waals surface area (Å²) in [5, 5.41) is 0. The van der Waals surface area contributed by atoms with Crippen molar-refractivity contribution in [2.45, 2.75) is 33.0 Å². The Morgan fingerprint density at radius 1 is 1.44 bits per heavy atom. The lowest BCUT2D eigenvalue weighted by molar-refractivity contribution is -0.134. The topological polar surface area (TPSA) is 20.3 Å². The fourth-order valence-corrected chi connectivity index (χ4v) is 2.58. The number of amides is 1. The van der Waals surface area contributed by atoms with Crippen LogP contribution in [0.5, 0.6) is 0 Å². The summed E-state index contributed by atoms with van der Waals surface area (Å²) in [6.07, 6.45) is 2.73. The summed E-state index contributed by atoms with van der Waals surface area (Å²) >= 11 is 0. The zero-order valence-electron chi connectivity index (χ0n) is 11.3. The van der Waals surface area contributed by atoms with Gasteiger partial charge in [0.1, 0.15) is 0 Å². The molecule has 0 spiro atoms. The fraction of sp³-hybridized carbons (Fsp3) is 0.533. The van der Waals surface area contributed by atoms with Gasteiger partial charge in [-0.3, -0.25) is 4.79 Å². The highest BCUT2D eigenvalue weighted by atomic mass is 16.2. The third kappa shape index (κ3) is 2.95. The normalized spacial score (nSPS) is 15.6. The van der Waals surface area contributed by atoms with Crippen LogP contribution in [0.15, 0.2) is 18.2 Å². The maximum Gasteiger partial charge on any atom is 0.219 e. The van der Waals surface area contributed by atoms with Gasteiger partial charge in [-0.15, -0.1) is 0 Å². The van der Waals surface area contributed by atoms with E-state index in [4.69, 9.17) is 7.85 Å². The van der Waals surface area contributed by atoms with E-state index in [0.717, 1.165) is 25.9 Å². The van der Waals surface area contributed by atoms with Crippen LogP contribution in [0.4, 0.5) is 0 Å². The molecule has 0 aromatic heterocycles. The van der Waals surface area contributed by atoms with Crippen molar-refractivity contribution < 1.29 is 4.79 Å². The molecule has 0 unspecified atom stereocenters. The van der Waals surface area contributed by atoms with E-state index >= 15 is 0 Å². The summed E-state index contributed by atoms with van der Waals surface area (Å²) in [5.41, 5.74) is 4.07. The summed E-state index contributed by atoms with van der Waals surface area (Å²) in [4.78, 5) is 13.0. The lowest BCUT2D eigenvalue weighted by Gasteiger charge is -2.39. The largest absolute Gasteiger partial charge is 0.342 e. The number of carbonyl (C=O) groups excluding carboxylic acids is 1. The van der Waals surface area contributed by atoms with Crippen LogP contribution in [-0.2, 0) is 17.6 Å².